The van der Waals surface area contributed by atoms with Crippen LogP contribution < -0.4 is 10.9 Å². The normalized spacial score (nSPS) is 16.0. The van der Waals surface area contributed by atoms with E-state index in [9.17, 15) is 9.59 Å². The van der Waals surface area contributed by atoms with E-state index in [2.05, 4.69) is 15.8 Å². The van der Waals surface area contributed by atoms with Crippen LogP contribution in [0.4, 0.5) is 0 Å². The molecule has 7 heteroatoms. The van der Waals surface area contributed by atoms with Crippen LogP contribution in [0.5, 0.6) is 0 Å². The fourth-order valence-corrected chi connectivity index (χ4v) is 2.36. The van der Waals surface area contributed by atoms with Crippen molar-refractivity contribution in [1.29, 1.82) is 0 Å². The van der Waals surface area contributed by atoms with Gasteiger partial charge in [-0.05, 0) is 11.4 Å². The number of morpholine rings is 1. The Hall–Kier alpha value is -1.44. The van der Waals surface area contributed by atoms with Crippen LogP contribution in [-0.2, 0) is 9.53 Å². The Kier molecular flexibility index (Phi) is 5.31. The van der Waals surface area contributed by atoms with E-state index in [-0.39, 0.29) is 11.8 Å². The molecule has 2 N–H and O–H groups in total. The Labute approximate surface area is 115 Å². The predicted molar refractivity (Wildman–Crippen MR) is 71.8 cm³/mol. The second-order valence-corrected chi connectivity index (χ2v) is 5.13. The summed E-state index contributed by atoms with van der Waals surface area (Å²) in [5, 5.41) is 1.81. The lowest BCUT2D eigenvalue weighted by Crippen LogP contribution is -2.43. The van der Waals surface area contributed by atoms with Crippen LogP contribution in [0.15, 0.2) is 17.5 Å². The van der Waals surface area contributed by atoms with E-state index in [1.165, 1.54) is 11.3 Å². The van der Waals surface area contributed by atoms with Crippen molar-refractivity contribution in [2.24, 2.45) is 0 Å². The third-order valence-corrected chi connectivity index (χ3v) is 3.69. The molecule has 0 bridgehead atoms. The molecular weight excluding hydrogens is 266 g/mol. The number of nitrogens with zero attached hydrogens (tertiary/aromatic N) is 1. The average Bonchev–Trinajstić information content (AvgIpc) is 2.98. The summed E-state index contributed by atoms with van der Waals surface area (Å²) in [7, 11) is 0. The minimum absolute atomic E-state index is 0.184. The van der Waals surface area contributed by atoms with Gasteiger partial charge in [-0.2, -0.15) is 0 Å². The van der Waals surface area contributed by atoms with Crippen molar-refractivity contribution in [3.8, 4) is 0 Å². The van der Waals surface area contributed by atoms with Crippen molar-refractivity contribution in [3.63, 3.8) is 0 Å². The molecule has 1 aliphatic heterocycles. The molecule has 2 rings (SSSR count). The lowest BCUT2D eigenvalue weighted by Gasteiger charge is -2.26. The van der Waals surface area contributed by atoms with E-state index < -0.39 is 0 Å². The van der Waals surface area contributed by atoms with Gasteiger partial charge in [0.05, 0.1) is 18.1 Å². The van der Waals surface area contributed by atoms with Crippen LogP contribution in [0.1, 0.15) is 16.1 Å². The zero-order valence-electron chi connectivity index (χ0n) is 10.6. The number of hydrogen-bond donors (Lipinski definition) is 2. The third kappa shape index (κ3) is 4.62. The third-order valence-electron chi connectivity index (χ3n) is 2.82. The SMILES string of the molecule is O=C(CCN1CCOCC1)NNC(=O)c1cccs1. The van der Waals surface area contributed by atoms with Gasteiger partial charge < -0.3 is 4.74 Å². The second-order valence-electron chi connectivity index (χ2n) is 4.18. The van der Waals surface area contributed by atoms with Crippen molar-refractivity contribution in [2.45, 2.75) is 6.42 Å². The highest BCUT2D eigenvalue weighted by Crippen LogP contribution is 2.07. The Bertz CT molecular complexity index is 416. The first-order valence-electron chi connectivity index (χ1n) is 6.18. The molecule has 1 aromatic rings. The zero-order chi connectivity index (χ0) is 13.5. The second kappa shape index (κ2) is 7.22. The molecule has 0 aliphatic carbocycles. The molecule has 6 nitrogen and oxygen atoms in total. The summed E-state index contributed by atoms with van der Waals surface area (Å²) in [4.78, 5) is 25.9. The van der Waals surface area contributed by atoms with Crippen molar-refractivity contribution < 1.29 is 14.3 Å². The molecule has 19 heavy (non-hydrogen) atoms. The van der Waals surface area contributed by atoms with E-state index in [1.807, 2.05) is 5.38 Å². The van der Waals surface area contributed by atoms with Gasteiger partial charge in [-0.1, -0.05) is 6.07 Å². The van der Waals surface area contributed by atoms with Crippen molar-refractivity contribution >= 4 is 23.2 Å². The quantitative estimate of drug-likeness (QED) is 0.776. The Balaban J connectivity index is 1.63. The fourth-order valence-electron chi connectivity index (χ4n) is 1.74. The molecule has 0 atom stereocenters. The van der Waals surface area contributed by atoms with Crippen LogP contribution in [0, 0.1) is 0 Å². The molecule has 2 heterocycles. The van der Waals surface area contributed by atoms with Crippen molar-refractivity contribution in [1.82, 2.24) is 15.8 Å². The zero-order valence-corrected chi connectivity index (χ0v) is 11.4. The maximum Gasteiger partial charge on any atom is 0.279 e. The van der Waals surface area contributed by atoms with Gasteiger partial charge in [0.2, 0.25) is 5.91 Å². The molecule has 0 aromatic carbocycles. The Morgan fingerprint density at radius 2 is 2.11 bits per heavy atom. The summed E-state index contributed by atoms with van der Waals surface area (Å²) in [6.07, 6.45) is 0.366. The number of carbonyl (C=O) groups is 2. The van der Waals surface area contributed by atoms with E-state index in [0.29, 0.717) is 17.8 Å². The highest BCUT2D eigenvalue weighted by molar-refractivity contribution is 7.12. The van der Waals surface area contributed by atoms with Crippen LogP contribution in [0.25, 0.3) is 0 Å². The monoisotopic (exact) mass is 283 g/mol. The largest absolute Gasteiger partial charge is 0.379 e. The summed E-state index contributed by atoms with van der Waals surface area (Å²) in [6.45, 7) is 3.83. The van der Waals surface area contributed by atoms with Crippen LogP contribution in [0.3, 0.4) is 0 Å². The highest BCUT2D eigenvalue weighted by atomic mass is 32.1. The number of rotatable bonds is 4. The summed E-state index contributed by atoms with van der Waals surface area (Å²) in [5.74, 6) is -0.467. The first-order valence-corrected chi connectivity index (χ1v) is 7.06. The van der Waals surface area contributed by atoms with Gasteiger partial charge in [-0.25, -0.2) is 0 Å². The maximum atomic E-state index is 11.6. The van der Waals surface area contributed by atoms with Crippen molar-refractivity contribution in [3.05, 3.63) is 22.4 Å². The Morgan fingerprint density at radius 3 is 2.79 bits per heavy atom. The summed E-state index contributed by atoms with van der Waals surface area (Å²) < 4.78 is 5.23. The van der Waals surface area contributed by atoms with Gasteiger partial charge in [0.25, 0.3) is 5.91 Å². The van der Waals surface area contributed by atoms with E-state index in [1.54, 1.807) is 12.1 Å². The predicted octanol–water partition coefficient (Wildman–Crippen LogP) is 0.231. The minimum atomic E-state index is -0.283. The minimum Gasteiger partial charge on any atom is -0.379 e. The molecule has 0 radical (unpaired) electrons. The standard InChI is InChI=1S/C12H17N3O3S/c16-11(3-4-15-5-7-18-8-6-15)13-14-12(17)10-2-1-9-19-10/h1-2,9H,3-8H2,(H,13,16)(H,14,17). The average molecular weight is 283 g/mol. The lowest BCUT2D eigenvalue weighted by atomic mass is 10.3. The molecular formula is C12H17N3O3S. The number of carbonyl (C=O) groups excluding carboxylic acids is 2. The topological polar surface area (TPSA) is 70.7 Å². The van der Waals surface area contributed by atoms with Gasteiger partial charge in [0.1, 0.15) is 0 Å². The summed E-state index contributed by atoms with van der Waals surface area (Å²) in [5.41, 5.74) is 4.82. The summed E-state index contributed by atoms with van der Waals surface area (Å²) >= 11 is 1.33. The smallest absolute Gasteiger partial charge is 0.279 e. The molecule has 1 aliphatic rings. The van der Waals surface area contributed by atoms with E-state index in [4.69, 9.17) is 4.74 Å². The molecule has 0 saturated carbocycles. The van der Waals surface area contributed by atoms with E-state index >= 15 is 0 Å². The number of amides is 2. The van der Waals surface area contributed by atoms with Gasteiger partial charge in [0, 0.05) is 26.1 Å². The van der Waals surface area contributed by atoms with Gasteiger partial charge >= 0.3 is 0 Å². The number of hydrazine groups is 1. The maximum absolute atomic E-state index is 11.6. The molecule has 1 aromatic heterocycles. The first kappa shape index (κ1) is 14.0. The Morgan fingerprint density at radius 1 is 1.32 bits per heavy atom. The molecule has 2 amide bonds. The van der Waals surface area contributed by atoms with Crippen LogP contribution in [0.2, 0.25) is 0 Å². The fraction of sp³-hybridized carbons (Fsp3) is 0.500. The summed E-state index contributed by atoms with van der Waals surface area (Å²) in [6, 6.07) is 3.50. The van der Waals surface area contributed by atoms with Crippen LogP contribution in [-0.4, -0.2) is 49.6 Å². The number of ether oxygens (including phenoxy) is 1. The van der Waals surface area contributed by atoms with Crippen molar-refractivity contribution in [2.75, 3.05) is 32.8 Å². The molecule has 0 unspecified atom stereocenters. The molecule has 1 saturated heterocycles. The van der Waals surface area contributed by atoms with Gasteiger partial charge in [0.15, 0.2) is 0 Å². The van der Waals surface area contributed by atoms with Gasteiger partial charge in [-0.3, -0.25) is 25.3 Å². The molecule has 1 fully saturated rings. The lowest BCUT2D eigenvalue weighted by molar-refractivity contribution is -0.122. The first-order chi connectivity index (χ1) is 9.25. The van der Waals surface area contributed by atoms with E-state index in [0.717, 1.165) is 26.3 Å². The van der Waals surface area contributed by atoms with Gasteiger partial charge in [-0.15, -0.1) is 11.3 Å². The molecule has 0 spiro atoms. The number of hydrogen-bond acceptors (Lipinski definition) is 5. The highest BCUT2D eigenvalue weighted by Gasteiger charge is 2.12. The number of nitrogens with one attached hydrogen (secondary N) is 2. The van der Waals surface area contributed by atoms with Crippen LogP contribution >= 0.6 is 11.3 Å². The molecule has 104 valence electrons. The number of thiophene rings is 1.